The van der Waals surface area contributed by atoms with Crippen molar-refractivity contribution < 1.29 is 9.53 Å². The Morgan fingerprint density at radius 2 is 1.28 bits per heavy atom. The van der Waals surface area contributed by atoms with Gasteiger partial charge in [0, 0.05) is 12.0 Å². The van der Waals surface area contributed by atoms with Crippen molar-refractivity contribution in [3.8, 4) is 28.3 Å². The first-order chi connectivity index (χ1) is 15.7. The van der Waals surface area contributed by atoms with Gasteiger partial charge in [-0.3, -0.25) is 4.79 Å². The van der Waals surface area contributed by atoms with Crippen molar-refractivity contribution in [1.82, 2.24) is 9.97 Å². The van der Waals surface area contributed by atoms with Crippen LogP contribution in [0.1, 0.15) is 70.8 Å². The lowest BCUT2D eigenvalue weighted by Gasteiger charge is -2.07. The molecule has 0 atom stereocenters. The van der Waals surface area contributed by atoms with Crippen LogP contribution in [0.15, 0.2) is 60.9 Å². The summed E-state index contributed by atoms with van der Waals surface area (Å²) in [6.07, 6.45) is 12.7. The van der Waals surface area contributed by atoms with Crippen LogP contribution in [0.4, 0.5) is 0 Å². The number of ether oxygens (including phenoxy) is 1. The zero-order valence-electron chi connectivity index (χ0n) is 19.3. The Morgan fingerprint density at radius 1 is 0.719 bits per heavy atom. The first-order valence-corrected chi connectivity index (χ1v) is 11.9. The Balaban J connectivity index is 1.56. The molecular formula is C28H34N2O2. The number of nitrogens with zero attached hydrogens (tertiary/aromatic N) is 2. The van der Waals surface area contributed by atoms with Crippen molar-refractivity contribution in [2.45, 2.75) is 71.6 Å². The highest BCUT2D eigenvalue weighted by Crippen LogP contribution is 2.24. The molecule has 168 valence electrons. The number of hydrogen-bond donors (Lipinski definition) is 0. The Kier molecular flexibility index (Phi) is 9.42. The van der Waals surface area contributed by atoms with E-state index in [-0.39, 0.29) is 5.97 Å². The van der Waals surface area contributed by atoms with Crippen LogP contribution in [-0.2, 0) is 11.2 Å². The molecule has 0 aliphatic heterocycles. The molecule has 1 heterocycles. The summed E-state index contributed by atoms with van der Waals surface area (Å²) in [4.78, 5) is 20.7. The standard InChI is InChI=1S/C28H34N2O2/c1-3-5-7-9-11-27(31)32-26-20-29-28(30-21-26)25-18-16-24(17-19-25)23-14-12-22(13-15-23)10-8-6-4-2/h12-21H,3-11H2,1-2H3. The van der Waals surface area contributed by atoms with Gasteiger partial charge in [0.05, 0.1) is 12.4 Å². The van der Waals surface area contributed by atoms with Crippen LogP contribution in [0.25, 0.3) is 22.5 Å². The fourth-order valence-corrected chi connectivity index (χ4v) is 3.65. The third-order valence-electron chi connectivity index (χ3n) is 5.59. The number of aromatic nitrogens is 2. The molecule has 0 unspecified atom stereocenters. The first-order valence-electron chi connectivity index (χ1n) is 11.9. The molecule has 0 bridgehead atoms. The second kappa shape index (κ2) is 12.7. The summed E-state index contributed by atoms with van der Waals surface area (Å²) in [5, 5.41) is 0. The van der Waals surface area contributed by atoms with Gasteiger partial charge in [-0.2, -0.15) is 0 Å². The molecule has 0 fully saturated rings. The van der Waals surface area contributed by atoms with Crippen LogP contribution in [0.3, 0.4) is 0 Å². The van der Waals surface area contributed by atoms with Crippen molar-refractivity contribution in [2.24, 2.45) is 0 Å². The number of carbonyl (C=O) groups is 1. The van der Waals surface area contributed by atoms with Crippen molar-refractivity contribution in [3.63, 3.8) is 0 Å². The molecule has 0 spiro atoms. The average Bonchev–Trinajstić information content (AvgIpc) is 2.83. The molecule has 2 aromatic carbocycles. The first kappa shape index (κ1) is 23.6. The molecule has 4 heteroatoms. The lowest BCUT2D eigenvalue weighted by atomic mass is 10.0. The van der Waals surface area contributed by atoms with E-state index in [0.717, 1.165) is 37.7 Å². The van der Waals surface area contributed by atoms with Gasteiger partial charge >= 0.3 is 5.97 Å². The van der Waals surface area contributed by atoms with Crippen LogP contribution in [0, 0.1) is 0 Å². The Bertz CT molecular complexity index is 948. The molecule has 0 aliphatic rings. The number of carbonyl (C=O) groups excluding carboxylic acids is 1. The molecule has 3 aromatic rings. The second-order valence-corrected chi connectivity index (χ2v) is 8.26. The van der Waals surface area contributed by atoms with E-state index in [1.54, 1.807) is 12.4 Å². The second-order valence-electron chi connectivity index (χ2n) is 8.26. The van der Waals surface area contributed by atoms with E-state index >= 15 is 0 Å². The topological polar surface area (TPSA) is 52.1 Å². The quantitative estimate of drug-likeness (QED) is 0.222. The van der Waals surface area contributed by atoms with E-state index in [1.807, 2.05) is 12.1 Å². The predicted molar refractivity (Wildman–Crippen MR) is 131 cm³/mol. The van der Waals surface area contributed by atoms with E-state index in [9.17, 15) is 4.79 Å². The highest BCUT2D eigenvalue weighted by atomic mass is 16.5. The van der Waals surface area contributed by atoms with Gasteiger partial charge in [-0.25, -0.2) is 9.97 Å². The molecule has 0 amide bonds. The molecular weight excluding hydrogens is 396 g/mol. The molecule has 4 nitrogen and oxygen atoms in total. The molecule has 0 radical (unpaired) electrons. The fraction of sp³-hybridized carbons (Fsp3) is 0.393. The summed E-state index contributed by atoms with van der Waals surface area (Å²) in [5.41, 5.74) is 4.71. The van der Waals surface area contributed by atoms with Gasteiger partial charge in [0.25, 0.3) is 0 Å². The molecule has 3 rings (SSSR count). The normalized spacial score (nSPS) is 10.8. The zero-order valence-corrected chi connectivity index (χ0v) is 19.3. The Hall–Kier alpha value is -3.01. The number of unbranched alkanes of at least 4 members (excludes halogenated alkanes) is 5. The molecule has 0 aliphatic carbocycles. The van der Waals surface area contributed by atoms with Crippen molar-refractivity contribution in [2.75, 3.05) is 0 Å². The highest BCUT2D eigenvalue weighted by molar-refractivity contribution is 5.72. The van der Waals surface area contributed by atoms with E-state index in [0.29, 0.717) is 18.0 Å². The third kappa shape index (κ3) is 7.30. The zero-order chi connectivity index (χ0) is 22.6. The van der Waals surface area contributed by atoms with Crippen LogP contribution in [0.2, 0.25) is 0 Å². The van der Waals surface area contributed by atoms with E-state index in [1.165, 1.54) is 36.0 Å². The largest absolute Gasteiger partial charge is 0.423 e. The fourth-order valence-electron chi connectivity index (χ4n) is 3.65. The lowest BCUT2D eigenvalue weighted by Crippen LogP contribution is -2.08. The summed E-state index contributed by atoms with van der Waals surface area (Å²) >= 11 is 0. The van der Waals surface area contributed by atoms with Gasteiger partial charge in [0.15, 0.2) is 11.6 Å². The van der Waals surface area contributed by atoms with Crippen molar-refractivity contribution in [3.05, 3.63) is 66.5 Å². The number of rotatable bonds is 12. The predicted octanol–water partition coefficient (Wildman–Crippen LogP) is 7.42. The van der Waals surface area contributed by atoms with Gasteiger partial charge < -0.3 is 4.74 Å². The van der Waals surface area contributed by atoms with Gasteiger partial charge in [-0.15, -0.1) is 0 Å². The maximum Gasteiger partial charge on any atom is 0.311 e. The van der Waals surface area contributed by atoms with E-state index in [4.69, 9.17) is 4.74 Å². The average molecular weight is 431 g/mol. The van der Waals surface area contributed by atoms with Crippen LogP contribution in [-0.4, -0.2) is 15.9 Å². The summed E-state index contributed by atoms with van der Waals surface area (Å²) in [6.45, 7) is 4.38. The summed E-state index contributed by atoms with van der Waals surface area (Å²) in [7, 11) is 0. The highest BCUT2D eigenvalue weighted by Gasteiger charge is 2.08. The molecule has 32 heavy (non-hydrogen) atoms. The maximum absolute atomic E-state index is 11.9. The van der Waals surface area contributed by atoms with Crippen molar-refractivity contribution in [1.29, 1.82) is 0 Å². The number of esters is 1. The van der Waals surface area contributed by atoms with E-state index in [2.05, 4.69) is 60.2 Å². The minimum Gasteiger partial charge on any atom is -0.423 e. The van der Waals surface area contributed by atoms with Crippen LogP contribution >= 0.6 is 0 Å². The molecule has 0 saturated carbocycles. The van der Waals surface area contributed by atoms with Gasteiger partial charge in [-0.1, -0.05) is 94.5 Å². The van der Waals surface area contributed by atoms with Gasteiger partial charge in [0.2, 0.25) is 0 Å². The smallest absolute Gasteiger partial charge is 0.311 e. The molecule has 0 N–H and O–H groups in total. The third-order valence-corrected chi connectivity index (χ3v) is 5.59. The van der Waals surface area contributed by atoms with Gasteiger partial charge in [0.1, 0.15) is 0 Å². The summed E-state index contributed by atoms with van der Waals surface area (Å²) in [6, 6.07) is 17.1. The number of aryl methyl sites for hydroxylation is 1. The monoisotopic (exact) mass is 430 g/mol. The Labute approximate surface area is 192 Å². The summed E-state index contributed by atoms with van der Waals surface area (Å²) in [5.74, 6) is 0.786. The maximum atomic E-state index is 11.9. The van der Waals surface area contributed by atoms with E-state index < -0.39 is 0 Å². The van der Waals surface area contributed by atoms with Gasteiger partial charge in [-0.05, 0) is 36.0 Å². The lowest BCUT2D eigenvalue weighted by molar-refractivity contribution is -0.134. The molecule has 1 aromatic heterocycles. The van der Waals surface area contributed by atoms with Crippen molar-refractivity contribution >= 4 is 5.97 Å². The minimum atomic E-state index is -0.224. The van der Waals surface area contributed by atoms with Crippen LogP contribution in [0.5, 0.6) is 5.75 Å². The SMILES string of the molecule is CCCCCCC(=O)Oc1cnc(-c2ccc(-c3ccc(CCCCC)cc3)cc2)nc1. The number of benzene rings is 2. The summed E-state index contributed by atoms with van der Waals surface area (Å²) < 4.78 is 5.34. The number of hydrogen-bond acceptors (Lipinski definition) is 4. The Morgan fingerprint density at radius 3 is 1.91 bits per heavy atom. The van der Waals surface area contributed by atoms with Crippen LogP contribution < -0.4 is 4.74 Å². The molecule has 0 saturated heterocycles. The minimum absolute atomic E-state index is 0.224.